The summed E-state index contributed by atoms with van der Waals surface area (Å²) in [6.45, 7) is 3.83. The van der Waals surface area contributed by atoms with Gasteiger partial charge < -0.3 is 91.6 Å². The second-order valence-corrected chi connectivity index (χ2v) is 17.4. The summed E-state index contributed by atoms with van der Waals surface area (Å²) < 4.78 is 0. The van der Waals surface area contributed by atoms with Gasteiger partial charge >= 0.3 is 17.9 Å². The molecule has 0 aromatic heterocycles. The number of hydrogen-bond donors (Lipinski definition) is 17. The van der Waals surface area contributed by atoms with Crippen LogP contribution in [0, 0.1) is 5.92 Å². The second kappa shape index (κ2) is 35.1. The highest BCUT2D eigenvalue weighted by atomic mass is 16.4. The normalized spacial score (nSPS) is 14.7. The molecule has 10 amide bonds. The SMILES string of the molecule is CC(C)[C@H](NC(=O)[C@H](CCC(=O)O)NC(=O)[C@H](CCC(N)=O)NC(=O)[C@H](CCCCN)NC(=O)[C@H](C)NC(=O)[C@H](CCC(=O)O)NC(=O)[C@H](CCC(N)=O)NC(=O)[C@@H](N)CO)C(=O)N[C@@H](CCCCN)C(=O)O. The number of aliphatic hydroxyl groups excluding tert-OH is 1. The molecule has 0 aliphatic rings. The van der Waals surface area contributed by atoms with E-state index in [1.807, 2.05) is 0 Å². The third-order valence-electron chi connectivity index (χ3n) is 10.9. The Morgan fingerprint density at radius 2 is 0.740 bits per heavy atom. The minimum atomic E-state index is -1.69. The number of unbranched alkanes of at least 4 members (excludes halogenated alkanes) is 2. The number of primary amides is 2. The van der Waals surface area contributed by atoms with E-state index in [9.17, 15) is 82.8 Å². The van der Waals surface area contributed by atoms with Crippen molar-refractivity contribution in [2.75, 3.05) is 19.7 Å². The van der Waals surface area contributed by atoms with Crippen molar-refractivity contribution in [3.05, 3.63) is 0 Å². The molecule has 0 saturated heterocycles. The van der Waals surface area contributed by atoms with Crippen molar-refractivity contribution in [2.24, 2.45) is 34.6 Å². The number of carbonyl (C=O) groups is 13. The number of nitrogens with one attached hydrogen (secondary N) is 8. The molecule has 0 aliphatic heterocycles. The van der Waals surface area contributed by atoms with Gasteiger partial charge in [0.1, 0.15) is 54.4 Å². The number of carboxylic acid groups (broad SMARTS) is 3. The van der Waals surface area contributed by atoms with Gasteiger partial charge in [0.05, 0.1) is 6.61 Å². The topological polar surface area (TPSA) is 529 Å². The number of amides is 10. The fraction of sp³-hybridized carbons (Fsp3) is 0.698. The maximum Gasteiger partial charge on any atom is 0.326 e. The first-order chi connectivity index (χ1) is 34.2. The van der Waals surface area contributed by atoms with Gasteiger partial charge in [-0.05, 0) is 90.1 Å². The summed E-state index contributed by atoms with van der Waals surface area (Å²) in [6.07, 6.45) is -3.06. The van der Waals surface area contributed by atoms with E-state index in [1.165, 1.54) is 13.8 Å². The number of carbonyl (C=O) groups excluding carboxylic acids is 10. The molecule has 30 nitrogen and oxygen atoms in total. The predicted molar refractivity (Wildman–Crippen MR) is 255 cm³/mol. The average Bonchev–Trinajstić information content (AvgIpc) is 3.31. The molecule has 73 heavy (non-hydrogen) atoms. The quantitative estimate of drug-likeness (QED) is 0.0255. The molecule has 0 radical (unpaired) electrons. The largest absolute Gasteiger partial charge is 0.481 e. The summed E-state index contributed by atoms with van der Waals surface area (Å²) in [6, 6.07) is -13.8. The van der Waals surface area contributed by atoms with Crippen LogP contribution in [-0.4, -0.2) is 171 Å². The molecule has 0 fully saturated rings. The highest BCUT2D eigenvalue weighted by Crippen LogP contribution is 2.11. The van der Waals surface area contributed by atoms with Crippen molar-refractivity contribution >= 4 is 77.0 Å². The Labute approximate surface area is 420 Å². The van der Waals surface area contributed by atoms with Crippen LogP contribution in [0.25, 0.3) is 0 Å². The fourth-order valence-corrected chi connectivity index (χ4v) is 6.60. The molecule has 22 N–H and O–H groups in total. The molecule has 0 aromatic carbocycles. The van der Waals surface area contributed by atoms with Crippen molar-refractivity contribution in [1.82, 2.24) is 42.5 Å². The van der Waals surface area contributed by atoms with Crippen molar-refractivity contribution in [3.63, 3.8) is 0 Å². The number of nitrogens with two attached hydrogens (primary N) is 5. The molecule has 0 aliphatic carbocycles. The Kier molecular flexibility index (Phi) is 31.7. The lowest BCUT2D eigenvalue weighted by Crippen LogP contribution is -2.60. The van der Waals surface area contributed by atoms with E-state index in [2.05, 4.69) is 42.5 Å². The van der Waals surface area contributed by atoms with Crippen molar-refractivity contribution < 1.29 is 82.8 Å². The number of carboxylic acids is 3. The Bertz CT molecular complexity index is 1920. The summed E-state index contributed by atoms with van der Waals surface area (Å²) >= 11 is 0. The number of hydrogen-bond acceptors (Lipinski definition) is 17. The maximum atomic E-state index is 13.9. The third-order valence-corrected chi connectivity index (χ3v) is 10.9. The summed E-state index contributed by atoms with van der Waals surface area (Å²) in [5.41, 5.74) is 27.2. The van der Waals surface area contributed by atoms with Crippen LogP contribution < -0.4 is 71.2 Å². The van der Waals surface area contributed by atoms with Crippen LogP contribution in [0.1, 0.15) is 111 Å². The number of aliphatic carboxylic acids is 3. The van der Waals surface area contributed by atoms with E-state index in [0.717, 1.165) is 6.92 Å². The van der Waals surface area contributed by atoms with Gasteiger partial charge in [-0.15, -0.1) is 0 Å². The van der Waals surface area contributed by atoms with Gasteiger partial charge in [0.25, 0.3) is 0 Å². The third kappa shape index (κ3) is 27.4. The van der Waals surface area contributed by atoms with E-state index < -0.39 is 195 Å². The molecule has 0 saturated carbocycles. The van der Waals surface area contributed by atoms with Gasteiger partial charge in [-0.25, -0.2) is 4.79 Å². The smallest absolute Gasteiger partial charge is 0.326 e. The van der Waals surface area contributed by atoms with E-state index >= 15 is 0 Å². The lowest BCUT2D eigenvalue weighted by atomic mass is 10.0. The van der Waals surface area contributed by atoms with Gasteiger partial charge in [0.15, 0.2) is 0 Å². The standard InChI is InChI=1S/C43H75N13O17/c1-21(2)34(42(71)55-29(43(72)73)9-5-7-19-45)56-41(70)28(13-17-33(62)63)54-40(69)26(11-15-31(48)59)52-38(67)24(8-4-6-18-44)50-35(64)22(3)49-37(66)27(12-16-32(60)61)53-39(68)25(10-14-30(47)58)51-36(65)23(46)20-57/h21-29,34,57H,4-20,44-46H2,1-3H3,(H2,47,58)(H2,48,59)(H,49,66)(H,50,64)(H,51,65)(H,52,67)(H,53,68)(H,54,69)(H,55,71)(H,56,70)(H,60,61)(H,62,63)(H,72,73)/t22-,23-,24-,25-,26-,27-,28-,29-,34-/m0/s1. The summed E-state index contributed by atoms with van der Waals surface area (Å²) in [4.78, 5) is 166. The first-order valence-electron chi connectivity index (χ1n) is 23.6. The highest BCUT2D eigenvalue weighted by Gasteiger charge is 2.35. The Morgan fingerprint density at radius 3 is 1.10 bits per heavy atom. The van der Waals surface area contributed by atoms with Crippen LogP contribution >= 0.6 is 0 Å². The zero-order valence-electron chi connectivity index (χ0n) is 41.3. The summed E-state index contributed by atoms with van der Waals surface area (Å²) in [7, 11) is 0. The Morgan fingerprint density at radius 1 is 0.411 bits per heavy atom. The van der Waals surface area contributed by atoms with E-state index in [1.54, 1.807) is 0 Å². The first-order valence-corrected chi connectivity index (χ1v) is 23.6. The van der Waals surface area contributed by atoms with Gasteiger partial charge in [0.2, 0.25) is 59.1 Å². The van der Waals surface area contributed by atoms with Gasteiger partial charge in [-0.3, -0.25) is 57.5 Å². The molecule has 0 bridgehead atoms. The summed E-state index contributed by atoms with van der Waals surface area (Å²) in [5, 5.41) is 56.4. The van der Waals surface area contributed by atoms with Crippen LogP contribution in [0.4, 0.5) is 0 Å². The zero-order chi connectivity index (χ0) is 56.0. The monoisotopic (exact) mass is 1050 g/mol. The molecule has 30 heteroatoms. The van der Waals surface area contributed by atoms with E-state index in [0.29, 0.717) is 19.3 Å². The first kappa shape index (κ1) is 66.0. The zero-order valence-corrected chi connectivity index (χ0v) is 41.3. The number of rotatable bonds is 39. The lowest BCUT2D eigenvalue weighted by molar-refractivity contribution is -0.143. The van der Waals surface area contributed by atoms with E-state index in [-0.39, 0.29) is 32.4 Å². The Balaban J connectivity index is 6.59. The summed E-state index contributed by atoms with van der Waals surface area (Å²) in [5.74, 6) is -14.9. The molecule has 0 rings (SSSR count). The molecule has 0 spiro atoms. The molecular formula is C43H75N13O17. The molecule has 0 unspecified atom stereocenters. The maximum absolute atomic E-state index is 13.9. The number of aliphatic hydroxyl groups is 1. The lowest BCUT2D eigenvalue weighted by Gasteiger charge is -2.28. The highest BCUT2D eigenvalue weighted by molar-refractivity contribution is 5.98. The molecular weight excluding hydrogens is 971 g/mol. The Hall–Kier alpha value is -7.05. The van der Waals surface area contributed by atoms with Crippen LogP contribution in [0.2, 0.25) is 0 Å². The van der Waals surface area contributed by atoms with Crippen molar-refractivity contribution in [3.8, 4) is 0 Å². The van der Waals surface area contributed by atoms with Gasteiger partial charge in [-0.2, -0.15) is 0 Å². The van der Waals surface area contributed by atoms with E-state index in [4.69, 9.17) is 28.7 Å². The minimum absolute atomic E-state index is 0.0230. The van der Waals surface area contributed by atoms with Crippen molar-refractivity contribution in [2.45, 2.75) is 165 Å². The van der Waals surface area contributed by atoms with Crippen molar-refractivity contribution in [1.29, 1.82) is 0 Å². The van der Waals surface area contributed by atoms with Gasteiger partial charge in [0, 0.05) is 25.7 Å². The van der Waals surface area contributed by atoms with Gasteiger partial charge in [-0.1, -0.05) is 13.8 Å². The predicted octanol–water partition coefficient (Wildman–Crippen LogP) is -6.54. The fourth-order valence-electron chi connectivity index (χ4n) is 6.60. The van der Waals surface area contributed by atoms with Crippen LogP contribution in [0.3, 0.4) is 0 Å². The molecule has 414 valence electrons. The van der Waals surface area contributed by atoms with Crippen LogP contribution in [0.15, 0.2) is 0 Å². The molecule has 0 aromatic rings. The minimum Gasteiger partial charge on any atom is -0.481 e. The second-order valence-electron chi connectivity index (χ2n) is 17.4. The molecule has 0 heterocycles. The van der Waals surface area contributed by atoms with Crippen LogP contribution in [0.5, 0.6) is 0 Å². The molecule has 9 atom stereocenters. The van der Waals surface area contributed by atoms with Crippen LogP contribution in [-0.2, 0) is 62.3 Å². The average molecular weight is 1050 g/mol.